The summed E-state index contributed by atoms with van der Waals surface area (Å²) in [4.78, 5) is 15.8. The Kier molecular flexibility index (Phi) is 3.93. The smallest absolute Gasteiger partial charge is 0.266 e. The van der Waals surface area contributed by atoms with Gasteiger partial charge in [-0.05, 0) is 36.0 Å². The summed E-state index contributed by atoms with van der Waals surface area (Å²) in [5.74, 6) is -0.174. The van der Waals surface area contributed by atoms with E-state index in [4.69, 9.17) is 0 Å². The highest BCUT2D eigenvalue weighted by atomic mass is 16.2. The van der Waals surface area contributed by atoms with Gasteiger partial charge in [0.05, 0.1) is 5.10 Å². The summed E-state index contributed by atoms with van der Waals surface area (Å²) in [5.41, 5.74) is 7.32. The first-order valence-electron chi connectivity index (χ1n) is 7.48. The maximum Gasteiger partial charge on any atom is 0.288 e. The third-order valence-electron chi connectivity index (χ3n) is 3.78. The van der Waals surface area contributed by atoms with Crippen LogP contribution in [0.1, 0.15) is 27.3 Å². The van der Waals surface area contributed by atoms with Gasteiger partial charge in [0.2, 0.25) is 5.69 Å². The first-order valence-corrected chi connectivity index (χ1v) is 7.48. The van der Waals surface area contributed by atoms with Gasteiger partial charge >= 0.3 is 0 Å². The molecule has 1 N–H and O–H groups in total. The van der Waals surface area contributed by atoms with Crippen molar-refractivity contribution in [2.45, 2.75) is 20.8 Å². The van der Waals surface area contributed by atoms with E-state index in [1.807, 2.05) is 63.2 Å². The topological polar surface area (TPSA) is 50.8 Å². The first kappa shape index (κ1) is 15.0. The average molecular weight is 307 g/mol. The molecule has 3 aromatic rings. The van der Waals surface area contributed by atoms with E-state index in [2.05, 4.69) is 10.5 Å². The van der Waals surface area contributed by atoms with Crippen LogP contribution in [0.15, 0.2) is 54.6 Å². The minimum atomic E-state index is -0.174. The zero-order valence-electron chi connectivity index (χ0n) is 13.4. The van der Waals surface area contributed by atoms with Crippen molar-refractivity contribution in [3.63, 3.8) is 0 Å². The normalized spacial score (nSPS) is 10.6. The second-order valence-electron chi connectivity index (χ2n) is 5.51. The third kappa shape index (κ3) is 2.99. The molecule has 5 heteroatoms. The molecule has 23 heavy (non-hydrogen) atoms. The van der Waals surface area contributed by atoms with Crippen molar-refractivity contribution in [2.24, 2.45) is 0 Å². The Morgan fingerprint density at radius 3 is 2.30 bits per heavy atom. The monoisotopic (exact) mass is 307 g/mol. The van der Waals surface area contributed by atoms with Crippen LogP contribution in [0.2, 0.25) is 0 Å². The molecule has 0 spiro atoms. The fraction of sp³-hybridized carbons (Fsp3) is 0.167. The highest BCUT2D eigenvalue weighted by Gasteiger charge is 2.23. The summed E-state index contributed by atoms with van der Waals surface area (Å²) in [6.45, 7) is 5.89. The highest BCUT2D eigenvalue weighted by Crippen LogP contribution is 2.08. The Morgan fingerprint density at radius 1 is 1.00 bits per heavy atom. The van der Waals surface area contributed by atoms with E-state index in [0.29, 0.717) is 5.56 Å². The minimum absolute atomic E-state index is 0.174. The molecule has 116 valence electrons. The average Bonchev–Trinajstić information content (AvgIpc) is 2.85. The number of hydrogen-bond donors (Lipinski definition) is 1. The van der Waals surface area contributed by atoms with E-state index in [1.54, 1.807) is 21.7 Å². The van der Waals surface area contributed by atoms with Crippen molar-refractivity contribution < 1.29 is 9.59 Å². The highest BCUT2D eigenvalue weighted by molar-refractivity contribution is 5.98. The Bertz CT molecular complexity index is 835. The van der Waals surface area contributed by atoms with Crippen LogP contribution in [0.3, 0.4) is 0 Å². The van der Waals surface area contributed by atoms with Crippen molar-refractivity contribution in [2.75, 3.05) is 5.43 Å². The molecule has 0 saturated heterocycles. The number of hydrogen-bond acceptors (Lipinski definition) is 2. The van der Waals surface area contributed by atoms with Crippen LogP contribution in [-0.4, -0.2) is 15.8 Å². The Labute approximate surface area is 135 Å². The van der Waals surface area contributed by atoms with Gasteiger partial charge in [-0.15, -0.1) is 0 Å². The van der Waals surface area contributed by atoms with Crippen LogP contribution in [0.4, 0.5) is 0 Å². The number of carbonyl (C=O) groups excluding carboxylic acids is 1. The van der Waals surface area contributed by atoms with Crippen LogP contribution >= 0.6 is 0 Å². The summed E-state index contributed by atoms with van der Waals surface area (Å²) in [6.07, 6.45) is 0. The molecule has 0 aliphatic carbocycles. The Morgan fingerprint density at radius 2 is 1.65 bits per heavy atom. The molecule has 0 unspecified atom stereocenters. The summed E-state index contributed by atoms with van der Waals surface area (Å²) < 4.78 is 0. The second-order valence-corrected chi connectivity index (χ2v) is 5.51. The molecule has 0 atom stereocenters. The van der Waals surface area contributed by atoms with E-state index in [9.17, 15) is 4.79 Å². The summed E-state index contributed by atoms with van der Waals surface area (Å²) in [7, 11) is 0. The van der Waals surface area contributed by atoms with E-state index in [0.717, 1.165) is 17.1 Å². The zero-order chi connectivity index (χ0) is 16.4. The van der Waals surface area contributed by atoms with Crippen LogP contribution in [-0.2, 0) is 0 Å². The maximum atomic E-state index is 12.4. The molecule has 0 radical (unpaired) electrons. The van der Waals surface area contributed by atoms with Crippen molar-refractivity contribution in [1.82, 2.24) is 9.90 Å². The van der Waals surface area contributed by atoms with Gasteiger partial charge in [0.25, 0.3) is 5.91 Å². The fourth-order valence-electron chi connectivity index (χ4n) is 2.29. The van der Waals surface area contributed by atoms with Gasteiger partial charge in [-0.1, -0.05) is 35.9 Å². The standard InChI is InChI=1S/C18H18N4O/c1-13-9-11-17(12-10-13)22-19-14(2)15(3)21(22)20-18(23)16-7-5-4-6-8-16/h4-12H,1-3H3/p+1. The summed E-state index contributed by atoms with van der Waals surface area (Å²) in [5, 5.41) is 4.52. The van der Waals surface area contributed by atoms with Gasteiger partial charge in [-0.2, -0.15) is 5.43 Å². The van der Waals surface area contributed by atoms with Gasteiger partial charge in [-0.3, -0.25) is 4.79 Å². The lowest BCUT2D eigenvalue weighted by atomic mass is 10.2. The largest absolute Gasteiger partial charge is 0.288 e. The Balaban J connectivity index is 1.99. The molecular weight excluding hydrogens is 288 g/mol. The zero-order valence-corrected chi connectivity index (χ0v) is 13.4. The van der Waals surface area contributed by atoms with E-state index in [1.165, 1.54) is 5.56 Å². The number of aryl methyl sites for hydroxylation is 2. The third-order valence-corrected chi connectivity index (χ3v) is 3.78. The van der Waals surface area contributed by atoms with Crippen molar-refractivity contribution in [3.05, 3.63) is 77.1 Å². The number of amides is 1. The number of nitrogens with zero attached hydrogens (tertiary/aromatic N) is 3. The lowest BCUT2D eigenvalue weighted by molar-refractivity contribution is -0.726. The molecular formula is C18H19N4O+. The predicted octanol–water partition coefficient (Wildman–Crippen LogP) is 2.47. The number of aromatic nitrogens is 3. The minimum Gasteiger partial charge on any atom is -0.266 e. The predicted molar refractivity (Wildman–Crippen MR) is 88.1 cm³/mol. The number of nitrogens with one attached hydrogen (secondary N) is 1. The van der Waals surface area contributed by atoms with E-state index >= 15 is 0 Å². The van der Waals surface area contributed by atoms with Crippen molar-refractivity contribution in [1.29, 1.82) is 0 Å². The summed E-state index contributed by atoms with van der Waals surface area (Å²) >= 11 is 0. The number of benzene rings is 2. The summed E-state index contributed by atoms with van der Waals surface area (Å²) in [6, 6.07) is 17.1. The lowest BCUT2D eigenvalue weighted by Crippen LogP contribution is -2.56. The molecule has 1 heterocycles. The van der Waals surface area contributed by atoms with Crippen LogP contribution < -0.4 is 10.2 Å². The van der Waals surface area contributed by atoms with Crippen LogP contribution in [0.25, 0.3) is 5.69 Å². The van der Waals surface area contributed by atoms with Crippen LogP contribution in [0, 0.1) is 20.8 Å². The quantitative estimate of drug-likeness (QED) is 0.756. The molecule has 0 aliphatic rings. The maximum absolute atomic E-state index is 12.4. The molecule has 0 fully saturated rings. The van der Waals surface area contributed by atoms with Gasteiger partial charge < -0.3 is 0 Å². The molecule has 0 aliphatic heterocycles. The van der Waals surface area contributed by atoms with E-state index in [-0.39, 0.29) is 5.91 Å². The fourth-order valence-corrected chi connectivity index (χ4v) is 2.29. The first-order chi connectivity index (χ1) is 11.1. The van der Waals surface area contributed by atoms with Gasteiger partial charge in [-0.25, -0.2) is 0 Å². The molecule has 1 aromatic heterocycles. The number of carbonyl (C=O) groups is 1. The number of rotatable bonds is 3. The second kappa shape index (κ2) is 6.04. The molecule has 1 amide bonds. The molecule has 5 nitrogen and oxygen atoms in total. The SMILES string of the molecule is Cc1ccc(-n2nc(C)c(C)[n+]2NC(=O)c2ccccc2)cc1. The van der Waals surface area contributed by atoms with E-state index < -0.39 is 0 Å². The molecule has 0 bridgehead atoms. The van der Waals surface area contributed by atoms with Crippen molar-refractivity contribution >= 4 is 5.91 Å². The van der Waals surface area contributed by atoms with Crippen molar-refractivity contribution in [3.8, 4) is 5.69 Å². The molecule has 0 saturated carbocycles. The van der Waals surface area contributed by atoms with Gasteiger partial charge in [0, 0.05) is 24.2 Å². The molecule has 3 rings (SSSR count). The van der Waals surface area contributed by atoms with Crippen LogP contribution in [0.5, 0.6) is 0 Å². The van der Waals surface area contributed by atoms with Gasteiger partial charge in [0.15, 0.2) is 5.69 Å². The Hall–Kier alpha value is -2.95. The lowest BCUT2D eigenvalue weighted by Gasteiger charge is -2.05. The molecule has 2 aromatic carbocycles. The van der Waals surface area contributed by atoms with Gasteiger partial charge in [0.1, 0.15) is 5.69 Å².